The number of rotatable bonds is 3. The molecule has 2 N–H and O–H groups in total. The van der Waals surface area contributed by atoms with Crippen molar-refractivity contribution in [3.63, 3.8) is 0 Å². The molecule has 0 radical (unpaired) electrons. The second-order valence-corrected chi connectivity index (χ2v) is 6.24. The standard InChI is InChI=1S/C13H20N4S/c1-9(14)7-11-8-18-13-15-12(16-17(11)13)10-5-3-2-4-6-10/h8-10H,2-7,14H2,1H3. The molecule has 0 amide bonds. The quantitative estimate of drug-likeness (QED) is 0.927. The summed E-state index contributed by atoms with van der Waals surface area (Å²) in [6, 6.07) is 0.171. The highest BCUT2D eigenvalue weighted by Gasteiger charge is 2.21. The lowest BCUT2D eigenvalue weighted by Gasteiger charge is -2.18. The van der Waals surface area contributed by atoms with Gasteiger partial charge in [0.1, 0.15) is 0 Å². The van der Waals surface area contributed by atoms with Gasteiger partial charge in [-0.2, -0.15) is 5.10 Å². The van der Waals surface area contributed by atoms with Crippen LogP contribution in [-0.4, -0.2) is 20.6 Å². The van der Waals surface area contributed by atoms with Crippen LogP contribution in [0, 0.1) is 0 Å². The van der Waals surface area contributed by atoms with E-state index in [-0.39, 0.29) is 6.04 Å². The largest absolute Gasteiger partial charge is 0.328 e. The van der Waals surface area contributed by atoms with E-state index in [0.717, 1.165) is 17.2 Å². The summed E-state index contributed by atoms with van der Waals surface area (Å²) in [4.78, 5) is 5.71. The molecular formula is C13H20N4S. The molecule has 1 aliphatic carbocycles. The Balaban J connectivity index is 1.88. The van der Waals surface area contributed by atoms with Crippen molar-refractivity contribution in [2.75, 3.05) is 0 Å². The van der Waals surface area contributed by atoms with E-state index < -0.39 is 0 Å². The summed E-state index contributed by atoms with van der Waals surface area (Å²) in [7, 11) is 0. The molecule has 4 nitrogen and oxygen atoms in total. The third kappa shape index (κ3) is 2.29. The number of aromatic nitrogens is 3. The normalized spacial score (nSPS) is 19.4. The zero-order valence-corrected chi connectivity index (χ0v) is 11.6. The van der Waals surface area contributed by atoms with Gasteiger partial charge in [-0.05, 0) is 19.8 Å². The van der Waals surface area contributed by atoms with Crippen LogP contribution in [0.15, 0.2) is 5.38 Å². The van der Waals surface area contributed by atoms with Gasteiger partial charge < -0.3 is 5.73 Å². The molecular weight excluding hydrogens is 244 g/mol. The van der Waals surface area contributed by atoms with Crippen molar-refractivity contribution in [1.82, 2.24) is 14.6 Å². The van der Waals surface area contributed by atoms with Crippen LogP contribution in [0.4, 0.5) is 0 Å². The van der Waals surface area contributed by atoms with Crippen molar-refractivity contribution in [2.24, 2.45) is 5.73 Å². The molecule has 2 aromatic rings. The van der Waals surface area contributed by atoms with E-state index in [2.05, 4.69) is 5.38 Å². The molecule has 1 saturated carbocycles. The van der Waals surface area contributed by atoms with E-state index in [1.54, 1.807) is 11.3 Å². The predicted molar refractivity (Wildman–Crippen MR) is 74.0 cm³/mol. The van der Waals surface area contributed by atoms with E-state index in [1.165, 1.54) is 37.8 Å². The maximum Gasteiger partial charge on any atom is 0.212 e. The molecule has 5 heteroatoms. The number of thiazole rings is 1. The SMILES string of the molecule is CC(N)Cc1csc2nc(C3CCCCC3)nn12. The third-order valence-electron chi connectivity index (χ3n) is 3.67. The van der Waals surface area contributed by atoms with Gasteiger partial charge in [0.15, 0.2) is 5.82 Å². The second kappa shape index (κ2) is 4.97. The highest BCUT2D eigenvalue weighted by atomic mass is 32.1. The van der Waals surface area contributed by atoms with Crippen LogP contribution in [0.2, 0.25) is 0 Å². The molecule has 2 aromatic heterocycles. The molecule has 0 spiro atoms. The first kappa shape index (κ1) is 12.1. The van der Waals surface area contributed by atoms with Crippen LogP contribution in [0.3, 0.4) is 0 Å². The van der Waals surface area contributed by atoms with Crippen molar-refractivity contribution in [3.8, 4) is 0 Å². The van der Waals surface area contributed by atoms with E-state index in [4.69, 9.17) is 15.8 Å². The van der Waals surface area contributed by atoms with Crippen LogP contribution in [-0.2, 0) is 6.42 Å². The Morgan fingerprint density at radius 1 is 1.44 bits per heavy atom. The minimum atomic E-state index is 0.171. The maximum absolute atomic E-state index is 5.87. The zero-order valence-electron chi connectivity index (χ0n) is 10.8. The van der Waals surface area contributed by atoms with Crippen LogP contribution in [0.25, 0.3) is 4.96 Å². The molecule has 0 saturated heterocycles. The summed E-state index contributed by atoms with van der Waals surface area (Å²) >= 11 is 1.67. The Morgan fingerprint density at radius 2 is 2.22 bits per heavy atom. The molecule has 0 aromatic carbocycles. The first-order valence-corrected chi connectivity index (χ1v) is 7.70. The summed E-state index contributed by atoms with van der Waals surface area (Å²) in [5.74, 6) is 1.63. The van der Waals surface area contributed by atoms with Gasteiger partial charge in [-0.3, -0.25) is 0 Å². The molecule has 0 bridgehead atoms. The molecule has 2 heterocycles. The van der Waals surface area contributed by atoms with E-state index >= 15 is 0 Å². The fourth-order valence-electron chi connectivity index (χ4n) is 2.75. The van der Waals surface area contributed by atoms with E-state index in [0.29, 0.717) is 5.92 Å². The van der Waals surface area contributed by atoms with Gasteiger partial charge in [-0.1, -0.05) is 19.3 Å². The van der Waals surface area contributed by atoms with Gasteiger partial charge in [-0.15, -0.1) is 11.3 Å². The van der Waals surface area contributed by atoms with Gasteiger partial charge in [0.05, 0.1) is 5.69 Å². The molecule has 98 valence electrons. The molecule has 1 atom stereocenters. The monoisotopic (exact) mass is 264 g/mol. The van der Waals surface area contributed by atoms with Crippen LogP contribution >= 0.6 is 11.3 Å². The van der Waals surface area contributed by atoms with Crippen molar-refractivity contribution >= 4 is 16.3 Å². The Bertz CT molecular complexity index is 522. The molecule has 18 heavy (non-hydrogen) atoms. The van der Waals surface area contributed by atoms with Crippen molar-refractivity contribution < 1.29 is 0 Å². The predicted octanol–water partition coefficient (Wildman–Crippen LogP) is 2.73. The Labute approximate surface area is 111 Å². The first-order valence-electron chi connectivity index (χ1n) is 6.82. The van der Waals surface area contributed by atoms with Gasteiger partial charge in [0.25, 0.3) is 0 Å². The smallest absolute Gasteiger partial charge is 0.212 e. The van der Waals surface area contributed by atoms with Crippen molar-refractivity contribution in [1.29, 1.82) is 0 Å². The molecule has 3 rings (SSSR count). The Hall–Kier alpha value is -0.940. The number of nitrogens with zero attached hydrogens (tertiary/aromatic N) is 3. The van der Waals surface area contributed by atoms with Gasteiger partial charge in [0.2, 0.25) is 4.96 Å². The van der Waals surface area contributed by atoms with Crippen LogP contribution < -0.4 is 5.73 Å². The zero-order chi connectivity index (χ0) is 12.5. The molecule has 1 fully saturated rings. The summed E-state index contributed by atoms with van der Waals surface area (Å²) in [5, 5.41) is 6.84. The molecule has 1 aliphatic rings. The number of fused-ring (bicyclic) bond motifs is 1. The van der Waals surface area contributed by atoms with E-state index in [9.17, 15) is 0 Å². The fraction of sp³-hybridized carbons (Fsp3) is 0.692. The van der Waals surface area contributed by atoms with Crippen LogP contribution in [0.1, 0.15) is 56.5 Å². The van der Waals surface area contributed by atoms with Gasteiger partial charge in [-0.25, -0.2) is 9.50 Å². The number of nitrogens with two attached hydrogens (primary N) is 1. The lowest BCUT2D eigenvalue weighted by Crippen LogP contribution is -2.19. The Morgan fingerprint density at radius 3 is 2.94 bits per heavy atom. The maximum atomic E-state index is 5.87. The van der Waals surface area contributed by atoms with Gasteiger partial charge >= 0.3 is 0 Å². The van der Waals surface area contributed by atoms with Crippen LogP contribution in [0.5, 0.6) is 0 Å². The first-order chi connectivity index (χ1) is 8.74. The minimum Gasteiger partial charge on any atom is -0.328 e. The van der Waals surface area contributed by atoms with Gasteiger partial charge in [0, 0.05) is 23.8 Å². The highest BCUT2D eigenvalue weighted by molar-refractivity contribution is 7.15. The minimum absolute atomic E-state index is 0.171. The number of hydrogen-bond acceptors (Lipinski definition) is 4. The Kier molecular flexibility index (Phi) is 3.35. The summed E-state index contributed by atoms with van der Waals surface area (Å²) in [6.45, 7) is 2.03. The number of hydrogen-bond donors (Lipinski definition) is 1. The lowest BCUT2D eigenvalue weighted by molar-refractivity contribution is 0.428. The second-order valence-electron chi connectivity index (χ2n) is 5.41. The summed E-state index contributed by atoms with van der Waals surface area (Å²) in [6.07, 6.45) is 7.39. The van der Waals surface area contributed by atoms with Crippen molar-refractivity contribution in [2.45, 2.75) is 57.4 Å². The van der Waals surface area contributed by atoms with E-state index in [1.807, 2.05) is 11.4 Å². The molecule has 0 aliphatic heterocycles. The fourth-order valence-corrected chi connectivity index (χ4v) is 3.59. The molecule has 1 unspecified atom stereocenters. The average Bonchev–Trinajstić information content (AvgIpc) is 2.92. The highest BCUT2D eigenvalue weighted by Crippen LogP contribution is 2.31. The summed E-state index contributed by atoms with van der Waals surface area (Å²) < 4.78 is 2.00. The summed E-state index contributed by atoms with van der Waals surface area (Å²) in [5.41, 5.74) is 7.06. The third-order valence-corrected chi connectivity index (χ3v) is 4.53. The average molecular weight is 264 g/mol. The van der Waals surface area contributed by atoms with Crippen molar-refractivity contribution in [3.05, 3.63) is 16.9 Å². The lowest BCUT2D eigenvalue weighted by atomic mass is 9.89. The topological polar surface area (TPSA) is 56.2 Å².